The number of amides is 1. The highest BCUT2D eigenvalue weighted by molar-refractivity contribution is 5.97. The first-order valence-electron chi connectivity index (χ1n) is 5.86. The van der Waals surface area contributed by atoms with Crippen LogP contribution in [0.5, 0.6) is 0 Å². The van der Waals surface area contributed by atoms with E-state index in [9.17, 15) is 19.1 Å². The van der Waals surface area contributed by atoms with E-state index in [2.05, 4.69) is 0 Å². The molecule has 1 aliphatic heterocycles. The number of carboxylic acids is 1. The fourth-order valence-electron chi connectivity index (χ4n) is 2.77. The van der Waals surface area contributed by atoms with E-state index < -0.39 is 23.7 Å². The third kappa shape index (κ3) is 1.58. The number of hydrogen-bond acceptors (Lipinski definition) is 3. The Hall–Kier alpha value is -1.91. The highest BCUT2D eigenvalue weighted by atomic mass is 19.1. The maximum absolute atomic E-state index is 13.5. The number of fused-ring (bicyclic) bond motifs is 1. The lowest BCUT2D eigenvalue weighted by molar-refractivity contribution is -0.310. The standard InChI is InChI=1S/C13H12FNO3/c14-10-4-2-1-3-8(10)12(16)15-6-7-5-9(7)11(15)13(17)18/h1-4,7,9,11H,5-6H2,(H,17,18)/p-1/t7-,9-,11-/m0/s1. The van der Waals surface area contributed by atoms with E-state index in [1.54, 1.807) is 6.07 Å². The van der Waals surface area contributed by atoms with Crippen molar-refractivity contribution in [1.82, 2.24) is 4.90 Å². The Bertz CT molecular complexity index is 531. The lowest BCUT2D eigenvalue weighted by Crippen LogP contribution is -2.49. The number of hydrogen-bond donors (Lipinski definition) is 0. The maximum atomic E-state index is 13.5. The zero-order chi connectivity index (χ0) is 12.9. The van der Waals surface area contributed by atoms with E-state index in [4.69, 9.17) is 0 Å². The van der Waals surface area contributed by atoms with Gasteiger partial charge in [0.25, 0.3) is 5.91 Å². The van der Waals surface area contributed by atoms with Gasteiger partial charge in [0, 0.05) is 6.54 Å². The van der Waals surface area contributed by atoms with Crippen molar-refractivity contribution in [1.29, 1.82) is 0 Å². The van der Waals surface area contributed by atoms with Crippen LogP contribution in [0.25, 0.3) is 0 Å². The summed E-state index contributed by atoms with van der Waals surface area (Å²) in [5.41, 5.74) is -0.0787. The van der Waals surface area contributed by atoms with Crippen molar-refractivity contribution in [3.63, 3.8) is 0 Å². The zero-order valence-electron chi connectivity index (χ0n) is 9.51. The predicted molar refractivity (Wildman–Crippen MR) is 57.8 cm³/mol. The van der Waals surface area contributed by atoms with Crippen molar-refractivity contribution in [2.75, 3.05) is 6.54 Å². The first kappa shape index (κ1) is 11.2. The summed E-state index contributed by atoms with van der Waals surface area (Å²) < 4.78 is 13.5. The minimum absolute atomic E-state index is 0.00859. The van der Waals surface area contributed by atoms with Gasteiger partial charge in [-0.2, -0.15) is 0 Å². The molecule has 0 aromatic heterocycles. The molecule has 1 heterocycles. The van der Waals surface area contributed by atoms with Gasteiger partial charge in [0.2, 0.25) is 0 Å². The van der Waals surface area contributed by atoms with Gasteiger partial charge in [0.05, 0.1) is 17.6 Å². The minimum atomic E-state index is -1.25. The number of rotatable bonds is 2. The summed E-state index contributed by atoms with van der Waals surface area (Å²) in [4.78, 5) is 24.4. The third-order valence-corrected chi connectivity index (χ3v) is 3.76. The minimum Gasteiger partial charge on any atom is -0.548 e. The largest absolute Gasteiger partial charge is 0.548 e. The second kappa shape index (κ2) is 3.80. The molecule has 0 unspecified atom stereocenters. The smallest absolute Gasteiger partial charge is 0.257 e. The van der Waals surface area contributed by atoms with E-state index >= 15 is 0 Å². The Morgan fingerprint density at radius 3 is 2.72 bits per heavy atom. The van der Waals surface area contributed by atoms with Gasteiger partial charge in [-0.25, -0.2) is 4.39 Å². The highest BCUT2D eigenvalue weighted by Crippen LogP contribution is 2.49. The Labute approximate surface area is 103 Å². The second-order valence-corrected chi connectivity index (χ2v) is 4.86. The maximum Gasteiger partial charge on any atom is 0.257 e. The van der Waals surface area contributed by atoms with Gasteiger partial charge in [-0.3, -0.25) is 4.79 Å². The van der Waals surface area contributed by atoms with Gasteiger partial charge >= 0.3 is 0 Å². The van der Waals surface area contributed by atoms with E-state index in [0.717, 1.165) is 6.42 Å². The molecule has 5 heteroatoms. The Balaban J connectivity index is 1.89. The fourth-order valence-corrected chi connectivity index (χ4v) is 2.77. The molecule has 1 aliphatic carbocycles. The van der Waals surface area contributed by atoms with E-state index in [1.165, 1.54) is 23.1 Å². The highest BCUT2D eigenvalue weighted by Gasteiger charge is 2.54. The quantitative estimate of drug-likeness (QED) is 0.742. The number of carboxylic acid groups (broad SMARTS) is 1. The number of benzene rings is 1. The molecule has 94 valence electrons. The van der Waals surface area contributed by atoms with Crippen LogP contribution in [0.4, 0.5) is 4.39 Å². The van der Waals surface area contributed by atoms with Crippen molar-refractivity contribution in [3.8, 4) is 0 Å². The SMILES string of the molecule is O=C([O-])[C@@H]1[C@H]2C[C@H]2CN1C(=O)c1ccccc1F. The summed E-state index contributed by atoms with van der Waals surface area (Å²) in [5, 5.41) is 11.1. The molecule has 3 rings (SSSR count). The molecule has 0 N–H and O–H groups in total. The van der Waals surface area contributed by atoms with Crippen LogP contribution in [0.2, 0.25) is 0 Å². The van der Waals surface area contributed by atoms with E-state index in [1.807, 2.05) is 0 Å². The molecule has 18 heavy (non-hydrogen) atoms. The molecule has 1 amide bonds. The summed E-state index contributed by atoms with van der Waals surface area (Å²) in [5.74, 6) is -2.20. The molecule has 2 fully saturated rings. The summed E-state index contributed by atoms with van der Waals surface area (Å²) >= 11 is 0. The second-order valence-electron chi connectivity index (χ2n) is 4.86. The average Bonchev–Trinajstić information content (AvgIpc) is 2.99. The van der Waals surface area contributed by atoms with Crippen LogP contribution >= 0.6 is 0 Å². The van der Waals surface area contributed by atoms with E-state index in [0.29, 0.717) is 6.54 Å². The molecular weight excluding hydrogens is 237 g/mol. The molecule has 0 radical (unpaired) electrons. The van der Waals surface area contributed by atoms with Crippen molar-refractivity contribution in [3.05, 3.63) is 35.6 Å². The summed E-state index contributed by atoms with van der Waals surface area (Å²) in [6.07, 6.45) is 0.819. The monoisotopic (exact) mass is 248 g/mol. The Kier molecular flexibility index (Phi) is 2.36. The summed E-state index contributed by atoms with van der Waals surface area (Å²) in [6.45, 7) is 0.385. The molecule has 2 aliphatic rings. The van der Waals surface area contributed by atoms with Crippen molar-refractivity contribution < 1.29 is 19.1 Å². The molecule has 1 saturated heterocycles. The molecule has 1 saturated carbocycles. The molecule has 1 aromatic carbocycles. The predicted octanol–water partition coefficient (Wildman–Crippen LogP) is 0.0361. The van der Waals surface area contributed by atoms with Crippen LogP contribution in [-0.4, -0.2) is 29.4 Å². The van der Waals surface area contributed by atoms with Gasteiger partial charge in [0.15, 0.2) is 0 Å². The van der Waals surface area contributed by atoms with Crippen molar-refractivity contribution >= 4 is 11.9 Å². The molecular formula is C13H11FNO3-. The van der Waals surface area contributed by atoms with Crippen molar-refractivity contribution in [2.45, 2.75) is 12.5 Å². The molecule has 1 aromatic rings. The van der Waals surface area contributed by atoms with Gasteiger partial charge in [0.1, 0.15) is 5.82 Å². The van der Waals surface area contributed by atoms with E-state index in [-0.39, 0.29) is 17.4 Å². The van der Waals surface area contributed by atoms with Crippen LogP contribution in [0, 0.1) is 17.7 Å². The zero-order valence-corrected chi connectivity index (χ0v) is 9.51. The van der Waals surface area contributed by atoms with Crippen LogP contribution in [0.1, 0.15) is 16.8 Å². The molecule has 3 atom stereocenters. The van der Waals surface area contributed by atoms with Crippen LogP contribution < -0.4 is 5.11 Å². The van der Waals surface area contributed by atoms with Gasteiger partial charge in [-0.05, 0) is 30.4 Å². The lowest BCUT2D eigenvalue weighted by Gasteiger charge is -2.28. The topological polar surface area (TPSA) is 60.4 Å². The third-order valence-electron chi connectivity index (χ3n) is 3.76. The number of carbonyl (C=O) groups excluding carboxylic acids is 2. The van der Waals surface area contributed by atoms with Crippen LogP contribution in [-0.2, 0) is 4.79 Å². The fraction of sp³-hybridized carbons (Fsp3) is 0.385. The van der Waals surface area contributed by atoms with Gasteiger partial charge in [-0.1, -0.05) is 12.1 Å². The average molecular weight is 248 g/mol. The Morgan fingerprint density at radius 2 is 2.06 bits per heavy atom. The summed E-state index contributed by atoms with van der Waals surface area (Å²) in [6, 6.07) is 4.71. The summed E-state index contributed by atoms with van der Waals surface area (Å²) in [7, 11) is 0. The first-order valence-corrected chi connectivity index (χ1v) is 5.86. The molecule has 0 spiro atoms. The number of piperidine rings is 1. The van der Waals surface area contributed by atoms with Gasteiger partial charge in [-0.15, -0.1) is 0 Å². The van der Waals surface area contributed by atoms with Gasteiger partial charge < -0.3 is 14.8 Å². The number of aliphatic carboxylic acids is 1. The normalized spacial score (nSPS) is 28.9. The Morgan fingerprint density at radius 1 is 1.33 bits per heavy atom. The van der Waals surface area contributed by atoms with Crippen molar-refractivity contribution in [2.24, 2.45) is 11.8 Å². The first-order chi connectivity index (χ1) is 8.59. The van der Waals surface area contributed by atoms with Crippen LogP contribution in [0.15, 0.2) is 24.3 Å². The van der Waals surface area contributed by atoms with Crippen LogP contribution in [0.3, 0.4) is 0 Å². The number of likely N-dealkylation sites (tertiary alicyclic amines) is 1. The number of nitrogens with zero attached hydrogens (tertiary/aromatic N) is 1. The molecule has 4 nitrogen and oxygen atoms in total. The number of carbonyl (C=O) groups is 2. The number of halogens is 1. The lowest BCUT2D eigenvalue weighted by atomic mass is 10.1. The molecule has 0 bridgehead atoms.